The van der Waals surface area contributed by atoms with Crippen molar-refractivity contribution in [3.8, 4) is 0 Å². The molecular formula is C8H7ClF3N3O2. The Labute approximate surface area is 98.3 Å². The summed E-state index contributed by atoms with van der Waals surface area (Å²) in [5.41, 5.74) is 8.49. The SMILES string of the molecule is Nc1ccc([C@@H](N)C(F)(F)F)c(Cl)c1[N+](=O)[O-]. The normalized spacial score (nSPS) is 13.5. The van der Waals surface area contributed by atoms with Crippen LogP contribution in [0.15, 0.2) is 12.1 Å². The number of nitrogens with two attached hydrogens (primary N) is 2. The maximum Gasteiger partial charge on any atom is 0.407 e. The molecule has 0 aromatic heterocycles. The van der Waals surface area contributed by atoms with Crippen LogP contribution in [0.5, 0.6) is 0 Å². The lowest BCUT2D eigenvalue weighted by atomic mass is 10.1. The van der Waals surface area contributed by atoms with E-state index in [1.807, 2.05) is 0 Å². The fourth-order valence-electron chi connectivity index (χ4n) is 1.20. The summed E-state index contributed by atoms with van der Waals surface area (Å²) in [6.07, 6.45) is -4.74. The molecule has 1 atom stereocenters. The Balaban J connectivity index is 3.39. The van der Waals surface area contributed by atoms with Crippen molar-refractivity contribution in [3.05, 3.63) is 32.8 Å². The number of nitrogens with zero attached hydrogens (tertiary/aromatic N) is 1. The summed E-state index contributed by atoms with van der Waals surface area (Å²) in [4.78, 5) is 9.63. The summed E-state index contributed by atoms with van der Waals surface area (Å²) in [6.45, 7) is 0. The van der Waals surface area contributed by atoms with Crippen molar-refractivity contribution >= 4 is 23.0 Å². The Bertz CT molecular complexity index is 464. The molecule has 0 aliphatic rings. The Kier molecular flexibility index (Phi) is 3.48. The lowest BCUT2D eigenvalue weighted by Gasteiger charge is -2.17. The van der Waals surface area contributed by atoms with Crippen molar-refractivity contribution in [1.29, 1.82) is 0 Å². The van der Waals surface area contributed by atoms with E-state index in [0.29, 0.717) is 0 Å². The topological polar surface area (TPSA) is 95.2 Å². The third-order valence-corrected chi connectivity index (χ3v) is 2.44. The maximum atomic E-state index is 12.4. The highest BCUT2D eigenvalue weighted by molar-refractivity contribution is 6.34. The molecule has 0 bridgehead atoms. The van der Waals surface area contributed by atoms with E-state index in [9.17, 15) is 23.3 Å². The molecule has 17 heavy (non-hydrogen) atoms. The van der Waals surface area contributed by atoms with Crippen molar-refractivity contribution in [1.82, 2.24) is 0 Å². The smallest absolute Gasteiger partial charge is 0.393 e. The highest BCUT2D eigenvalue weighted by Crippen LogP contribution is 2.40. The van der Waals surface area contributed by atoms with Crippen LogP contribution in [0.3, 0.4) is 0 Å². The maximum absolute atomic E-state index is 12.4. The third-order valence-electron chi connectivity index (χ3n) is 2.05. The molecule has 0 fully saturated rings. The molecule has 0 heterocycles. The van der Waals surface area contributed by atoms with Crippen LogP contribution in [0.25, 0.3) is 0 Å². The van der Waals surface area contributed by atoms with Gasteiger partial charge in [-0.3, -0.25) is 10.1 Å². The van der Waals surface area contributed by atoms with Crippen LogP contribution in [0, 0.1) is 10.1 Å². The Morgan fingerprint density at radius 3 is 2.35 bits per heavy atom. The average molecular weight is 270 g/mol. The molecule has 5 nitrogen and oxygen atoms in total. The van der Waals surface area contributed by atoms with Crippen molar-refractivity contribution in [2.24, 2.45) is 5.73 Å². The molecule has 1 rings (SSSR count). The summed E-state index contributed by atoms with van der Waals surface area (Å²) in [5, 5.41) is 9.89. The molecule has 9 heteroatoms. The number of alkyl halides is 3. The monoisotopic (exact) mass is 269 g/mol. The highest BCUT2D eigenvalue weighted by atomic mass is 35.5. The summed E-state index contributed by atoms with van der Waals surface area (Å²) < 4.78 is 37.1. The number of benzene rings is 1. The highest BCUT2D eigenvalue weighted by Gasteiger charge is 2.40. The number of anilines is 1. The largest absolute Gasteiger partial charge is 0.407 e. The molecule has 0 saturated heterocycles. The Morgan fingerprint density at radius 1 is 1.41 bits per heavy atom. The number of hydrogen-bond acceptors (Lipinski definition) is 4. The van der Waals surface area contributed by atoms with Gasteiger partial charge in [-0.05, 0) is 6.07 Å². The van der Waals surface area contributed by atoms with E-state index in [1.165, 1.54) is 0 Å². The number of hydrogen-bond donors (Lipinski definition) is 2. The van der Waals surface area contributed by atoms with Crippen LogP contribution < -0.4 is 11.5 Å². The fourth-order valence-corrected chi connectivity index (χ4v) is 1.56. The predicted octanol–water partition coefficient (Wildman–Crippen LogP) is 2.39. The molecule has 0 radical (unpaired) electrons. The lowest BCUT2D eigenvalue weighted by molar-refractivity contribution is -0.383. The molecule has 0 amide bonds. The molecule has 0 aliphatic carbocycles. The van der Waals surface area contributed by atoms with Crippen molar-refractivity contribution in [3.63, 3.8) is 0 Å². The molecule has 0 spiro atoms. The Morgan fingerprint density at radius 2 is 1.94 bits per heavy atom. The Hall–Kier alpha value is -1.54. The van der Waals surface area contributed by atoms with Gasteiger partial charge >= 0.3 is 11.9 Å². The van der Waals surface area contributed by atoms with E-state index in [2.05, 4.69) is 0 Å². The van der Waals surface area contributed by atoms with Gasteiger partial charge in [0.25, 0.3) is 0 Å². The molecule has 1 aromatic rings. The molecule has 4 N–H and O–H groups in total. The van der Waals surface area contributed by atoms with Gasteiger partial charge < -0.3 is 11.5 Å². The second-order valence-corrected chi connectivity index (χ2v) is 3.56. The van der Waals surface area contributed by atoms with Crippen LogP contribution in [-0.2, 0) is 0 Å². The van der Waals surface area contributed by atoms with Gasteiger partial charge in [-0.15, -0.1) is 0 Å². The zero-order valence-corrected chi connectivity index (χ0v) is 8.92. The van der Waals surface area contributed by atoms with Crippen LogP contribution >= 0.6 is 11.6 Å². The minimum Gasteiger partial charge on any atom is -0.393 e. The first-order chi connectivity index (χ1) is 7.66. The van der Waals surface area contributed by atoms with E-state index in [-0.39, 0.29) is 5.69 Å². The zero-order valence-electron chi connectivity index (χ0n) is 8.16. The first-order valence-corrected chi connectivity index (χ1v) is 4.58. The number of halogens is 4. The van der Waals surface area contributed by atoms with Crippen LogP contribution in [0.1, 0.15) is 11.6 Å². The third kappa shape index (κ3) is 2.59. The van der Waals surface area contributed by atoms with Gasteiger partial charge in [0.2, 0.25) is 0 Å². The van der Waals surface area contributed by atoms with Gasteiger partial charge in [0.15, 0.2) is 0 Å². The van der Waals surface area contributed by atoms with Crippen molar-refractivity contribution < 1.29 is 18.1 Å². The van der Waals surface area contributed by atoms with Crippen molar-refractivity contribution in [2.45, 2.75) is 12.2 Å². The minimum absolute atomic E-state index is 0.321. The van der Waals surface area contributed by atoms with Crippen LogP contribution in [0.2, 0.25) is 5.02 Å². The van der Waals surface area contributed by atoms with E-state index in [0.717, 1.165) is 12.1 Å². The van der Waals surface area contributed by atoms with Gasteiger partial charge in [-0.2, -0.15) is 13.2 Å². The molecule has 94 valence electrons. The van der Waals surface area contributed by atoms with E-state index >= 15 is 0 Å². The molecule has 0 unspecified atom stereocenters. The van der Waals surface area contributed by atoms with Gasteiger partial charge in [-0.1, -0.05) is 17.7 Å². The summed E-state index contributed by atoms with van der Waals surface area (Å²) in [7, 11) is 0. The van der Waals surface area contributed by atoms with Crippen LogP contribution in [0.4, 0.5) is 24.5 Å². The van der Waals surface area contributed by atoms with E-state index in [1.54, 1.807) is 0 Å². The first-order valence-electron chi connectivity index (χ1n) is 4.20. The quantitative estimate of drug-likeness (QED) is 0.489. The van der Waals surface area contributed by atoms with Gasteiger partial charge in [0.05, 0.1) is 4.92 Å². The number of rotatable bonds is 2. The van der Waals surface area contributed by atoms with Gasteiger partial charge in [0, 0.05) is 5.56 Å². The summed E-state index contributed by atoms with van der Waals surface area (Å²) in [6, 6.07) is -0.511. The molecule has 1 aromatic carbocycles. The van der Waals surface area contributed by atoms with Gasteiger partial charge in [0.1, 0.15) is 16.8 Å². The van der Waals surface area contributed by atoms with E-state index < -0.39 is 33.4 Å². The zero-order chi connectivity index (χ0) is 13.4. The number of nitrogen functional groups attached to an aromatic ring is 1. The van der Waals surface area contributed by atoms with E-state index in [4.69, 9.17) is 23.1 Å². The first kappa shape index (κ1) is 13.5. The lowest BCUT2D eigenvalue weighted by Crippen LogP contribution is -2.28. The van der Waals surface area contributed by atoms with Gasteiger partial charge in [-0.25, -0.2) is 0 Å². The summed E-state index contributed by atoms with van der Waals surface area (Å²) >= 11 is 5.51. The predicted molar refractivity (Wildman–Crippen MR) is 55.5 cm³/mol. The molecular weight excluding hydrogens is 263 g/mol. The average Bonchev–Trinajstić information content (AvgIpc) is 2.15. The van der Waals surface area contributed by atoms with Crippen LogP contribution in [-0.4, -0.2) is 11.1 Å². The minimum atomic E-state index is -4.74. The standard InChI is InChI=1S/C8H7ClF3N3O2/c9-5-3(7(14)8(10,11)12)1-2-4(13)6(5)15(16)17/h1-2,7H,13-14H2/t7-/m1/s1. The van der Waals surface area contributed by atoms with Crippen molar-refractivity contribution in [2.75, 3.05) is 5.73 Å². The number of nitro benzene ring substituents is 1. The molecule has 0 saturated carbocycles. The second-order valence-electron chi connectivity index (χ2n) is 3.18. The fraction of sp³-hybridized carbons (Fsp3) is 0.250. The second kappa shape index (κ2) is 4.38. The summed E-state index contributed by atoms with van der Waals surface area (Å²) in [5.74, 6) is 0. The number of nitro groups is 1. The molecule has 0 aliphatic heterocycles.